The number of halogens is 2. The second kappa shape index (κ2) is 5.76. The summed E-state index contributed by atoms with van der Waals surface area (Å²) in [4.78, 5) is 0. The summed E-state index contributed by atoms with van der Waals surface area (Å²) in [6.45, 7) is 0.250. The number of fused-ring (bicyclic) bond motifs is 1. The lowest BCUT2D eigenvalue weighted by Crippen LogP contribution is -2.09. The molecule has 1 aromatic carbocycles. The third-order valence-electron chi connectivity index (χ3n) is 2.90. The Morgan fingerprint density at radius 3 is 3.12 bits per heavy atom. The Bertz CT molecular complexity index is 429. The molecule has 4 heteroatoms. The normalized spacial score (nSPS) is 19.9. The van der Waals surface area contributed by atoms with Gasteiger partial charge in [-0.1, -0.05) is 29.3 Å². The van der Waals surface area contributed by atoms with E-state index in [1.807, 2.05) is 18.2 Å². The van der Waals surface area contributed by atoms with Crippen molar-refractivity contribution in [3.63, 3.8) is 0 Å². The van der Waals surface area contributed by atoms with Gasteiger partial charge in [-0.3, -0.25) is 0 Å². The van der Waals surface area contributed by atoms with Crippen LogP contribution in [0.1, 0.15) is 30.1 Å². The molecule has 2 rings (SSSR count). The monoisotopic (exact) mass is 272 g/mol. The smallest absolute Gasteiger partial charge is 0.125 e. The fraction of sp³-hybridized carbons (Fsp3) is 0.385. The highest BCUT2D eigenvalue weighted by molar-refractivity contribution is 6.36. The average molecular weight is 273 g/mol. The van der Waals surface area contributed by atoms with Crippen LogP contribution in [0.2, 0.25) is 0 Å². The molecule has 0 aliphatic heterocycles. The molecule has 92 valence electrons. The number of ether oxygens (including phenoxy) is 1. The van der Waals surface area contributed by atoms with Crippen molar-refractivity contribution in [3.05, 3.63) is 39.9 Å². The summed E-state index contributed by atoms with van der Waals surface area (Å²) in [6, 6.07) is 5.79. The number of hydrogen-bond donors (Lipinski definition) is 1. The topological polar surface area (TPSA) is 29.5 Å². The molecule has 1 aliphatic carbocycles. The van der Waals surface area contributed by atoms with E-state index < -0.39 is 0 Å². The van der Waals surface area contributed by atoms with Gasteiger partial charge in [0, 0.05) is 5.54 Å². The first kappa shape index (κ1) is 12.7. The van der Waals surface area contributed by atoms with Gasteiger partial charge in [-0.25, -0.2) is 0 Å². The van der Waals surface area contributed by atoms with Gasteiger partial charge in [0.15, 0.2) is 0 Å². The number of aliphatic hydroxyl groups excluding tert-OH is 1. The summed E-state index contributed by atoms with van der Waals surface area (Å²) in [5, 5.41) is 10.3. The molecule has 2 nitrogen and oxygen atoms in total. The van der Waals surface area contributed by atoms with E-state index in [0.29, 0.717) is 10.8 Å². The minimum Gasteiger partial charge on any atom is -0.488 e. The van der Waals surface area contributed by atoms with Gasteiger partial charge in [0.25, 0.3) is 0 Å². The molecule has 1 N–H and O–H groups in total. The highest BCUT2D eigenvalue weighted by Gasteiger charge is 2.18. The van der Waals surface area contributed by atoms with E-state index >= 15 is 0 Å². The zero-order chi connectivity index (χ0) is 12.3. The molecular weight excluding hydrogens is 259 g/mol. The highest BCUT2D eigenvalue weighted by Crippen LogP contribution is 2.32. The molecule has 0 aromatic heterocycles. The van der Waals surface area contributed by atoms with Crippen molar-refractivity contribution in [2.75, 3.05) is 6.61 Å². The predicted octanol–water partition coefficient (Wildman–Crippen LogP) is 3.75. The molecule has 0 amide bonds. The zero-order valence-corrected chi connectivity index (χ0v) is 10.8. The number of aryl methyl sites for hydroxylation is 1. The van der Waals surface area contributed by atoms with Gasteiger partial charge in [-0.05, 0) is 42.5 Å². The number of aliphatic hydroxyl groups is 1. The Morgan fingerprint density at radius 2 is 2.35 bits per heavy atom. The first-order chi connectivity index (χ1) is 8.20. The first-order valence-corrected chi connectivity index (χ1v) is 6.40. The third kappa shape index (κ3) is 3.15. The summed E-state index contributed by atoms with van der Waals surface area (Å²) in [5.41, 5.74) is 3.46. The van der Waals surface area contributed by atoms with Gasteiger partial charge in [0.1, 0.15) is 12.4 Å². The second-order valence-electron chi connectivity index (χ2n) is 4.11. The van der Waals surface area contributed by atoms with E-state index in [2.05, 4.69) is 0 Å². The lowest BCUT2D eigenvalue weighted by Gasteiger charge is -2.21. The van der Waals surface area contributed by atoms with Gasteiger partial charge in [0.2, 0.25) is 0 Å². The summed E-state index contributed by atoms with van der Waals surface area (Å²) >= 11 is 11.2. The van der Waals surface area contributed by atoms with E-state index in [1.165, 1.54) is 11.1 Å². The van der Waals surface area contributed by atoms with Crippen LogP contribution in [0.4, 0.5) is 0 Å². The van der Waals surface area contributed by atoms with Crippen LogP contribution in [0.15, 0.2) is 28.8 Å². The number of rotatable bonds is 3. The SMILES string of the molecule is OC1CCCc2ccc(OC/C(Cl)=C/Cl)cc21. The summed E-state index contributed by atoms with van der Waals surface area (Å²) in [7, 11) is 0. The second-order valence-corrected chi connectivity index (χ2v) is 4.82. The molecule has 1 unspecified atom stereocenters. The minimum absolute atomic E-state index is 0.250. The molecule has 17 heavy (non-hydrogen) atoms. The van der Waals surface area contributed by atoms with Crippen LogP contribution >= 0.6 is 23.2 Å². The maximum absolute atomic E-state index is 9.90. The zero-order valence-electron chi connectivity index (χ0n) is 9.33. The average Bonchev–Trinajstić information content (AvgIpc) is 2.36. The van der Waals surface area contributed by atoms with E-state index in [4.69, 9.17) is 27.9 Å². The molecule has 0 spiro atoms. The summed E-state index contributed by atoms with van der Waals surface area (Å²) < 4.78 is 5.48. The Morgan fingerprint density at radius 1 is 1.53 bits per heavy atom. The van der Waals surface area contributed by atoms with E-state index in [0.717, 1.165) is 24.8 Å². The Balaban J connectivity index is 2.12. The van der Waals surface area contributed by atoms with Crippen LogP contribution in [-0.4, -0.2) is 11.7 Å². The molecular formula is C13H14Cl2O2. The van der Waals surface area contributed by atoms with Crippen LogP contribution in [0.3, 0.4) is 0 Å². The molecule has 0 radical (unpaired) electrons. The molecule has 1 atom stereocenters. The van der Waals surface area contributed by atoms with Gasteiger partial charge < -0.3 is 9.84 Å². The van der Waals surface area contributed by atoms with Crippen LogP contribution in [0.5, 0.6) is 5.75 Å². The van der Waals surface area contributed by atoms with Crippen LogP contribution in [0, 0.1) is 0 Å². The van der Waals surface area contributed by atoms with Crippen LogP contribution < -0.4 is 4.74 Å². The molecule has 1 aromatic rings. The standard InChI is InChI=1S/C13H14Cl2O2/c14-7-10(15)8-17-11-5-4-9-2-1-3-13(16)12(9)6-11/h4-7,13,16H,1-3,8H2/b10-7-. The maximum atomic E-state index is 9.90. The van der Waals surface area contributed by atoms with Crippen molar-refractivity contribution >= 4 is 23.2 Å². The molecule has 0 bridgehead atoms. The quantitative estimate of drug-likeness (QED) is 0.908. The molecule has 1 aliphatic rings. The van der Waals surface area contributed by atoms with Crippen LogP contribution in [0.25, 0.3) is 0 Å². The van der Waals surface area contributed by atoms with Crippen molar-refractivity contribution in [2.24, 2.45) is 0 Å². The molecule has 0 saturated carbocycles. The van der Waals surface area contributed by atoms with E-state index in [1.54, 1.807) is 0 Å². The van der Waals surface area contributed by atoms with Gasteiger partial charge in [-0.2, -0.15) is 0 Å². The van der Waals surface area contributed by atoms with Gasteiger partial charge >= 0.3 is 0 Å². The molecule has 0 saturated heterocycles. The minimum atomic E-state index is -0.374. The lowest BCUT2D eigenvalue weighted by atomic mass is 9.89. The maximum Gasteiger partial charge on any atom is 0.125 e. The lowest BCUT2D eigenvalue weighted by molar-refractivity contribution is 0.156. The van der Waals surface area contributed by atoms with Gasteiger partial charge in [-0.15, -0.1) is 0 Å². The third-order valence-corrected chi connectivity index (χ3v) is 3.49. The largest absolute Gasteiger partial charge is 0.488 e. The Hall–Kier alpha value is -0.700. The predicted molar refractivity (Wildman–Crippen MR) is 69.6 cm³/mol. The summed E-state index contributed by atoms with van der Waals surface area (Å²) in [5.74, 6) is 0.710. The first-order valence-electron chi connectivity index (χ1n) is 5.59. The van der Waals surface area contributed by atoms with Crippen LogP contribution in [-0.2, 0) is 6.42 Å². The fourth-order valence-corrected chi connectivity index (χ4v) is 2.14. The van der Waals surface area contributed by atoms with Gasteiger partial charge in [0.05, 0.1) is 11.1 Å². The molecule has 0 heterocycles. The van der Waals surface area contributed by atoms with E-state index in [9.17, 15) is 5.11 Å². The highest BCUT2D eigenvalue weighted by atomic mass is 35.5. The van der Waals surface area contributed by atoms with Crippen molar-refractivity contribution in [1.82, 2.24) is 0 Å². The fourth-order valence-electron chi connectivity index (χ4n) is 2.03. The number of hydrogen-bond acceptors (Lipinski definition) is 2. The Labute approximate surface area is 111 Å². The summed E-state index contributed by atoms with van der Waals surface area (Å²) in [6.07, 6.45) is 2.50. The van der Waals surface area contributed by atoms with Crippen molar-refractivity contribution in [3.8, 4) is 5.75 Å². The van der Waals surface area contributed by atoms with E-state index in [-0.39, 0.29) is 12.7 Å². The number of benzene rings is 1. The molecule has 0 fully saturated rings. The Kier molecular flexibility index (Phi) is 4.32. The van der Waals surface area contributed by atoms with Crippen molar-refractivity contribution < 1.29 is 9.84 Å². The van der Waals surface area contributed by atoms with Crippen molar-refractivity contribution in [2.45, 2.75) is 25.4 Å². The van der Waals surface area contributed by atoms with Crippen molar-refractivity contribution in [1.29, 1.82) is 0 Å².